The minimum absolute atomic E-state index is 0.0474. The second-order valence-corrected chi connectivity index (χ2v) is 7.71. The number of hydrogen-bond donors (Lipinski definition) is 1. The van der Waals surface area contributed by atoms with Gasteiger partial charge in [-0.2, -0.15) is 13.2 Å². The fraction of sp³-hybridized carbons (Fsp3) is 0.476. The molecular weight excluding hydrogens is 395 g/mol. The highest BCUT2D eigenvalue weighted by molar-refractivity contribution is 5.74. The van der Waals surface area contributed by atoms with Crippen molar-refractivity contribution < 1.29 is 18.0 Å². The lowest BCUT2D eigenvalue weighted by Crippen LogP contribution is -2.52. The van der Waals surface area contributed by atoms with Gasteiger partial charge in [0.1, 0.15) is 11.6 Å². The second kappa shape index (κ2) is 8.89. The number of halogens is 3. The van der Waals surface area contributed by atoms with Crippen LogP contribution < -0.4 is 10.2 Å². The van der Waals surface area contributed by atoms with Crippen LogP contribution in [0.1, 0.15) is 42.4 Å². The Balaban J connectivity index is 1.55. The smallest absolute Gasteiger partial charge is 0.353 e. The van der Waals surface area contributed by atoms with Gasteiger partial charge in [0.2, 0.25) is 0 Å². The van der Waals surface area contributed by atoms with E-state index in [4.69, 9.17) is 0 Å². The number of piperazine rings is 1. The maximum atomic E-state index is 12.8. The second-order valence-electron chi connectivity index (χ2n) is 7.71. The zero-order valence-electron chi connectivity index (χ0n) is 17.3. The number of aryl methyl sites for hydroxylation is 1. The molecule has 0 radical (unpaired) electrons. The van der Waals surface area contributed by atoms with Crippen LogP contribution in [0.25, 0.3) is 0 Å². The molecule has 0 atom stereocenters. The Morgan fingerprint density at radius 1 is 1.13 bits per heavy atom. The van der Waals surface area contributed by atoms with Crippen LogP contribution in [0, 0.1) is 6.92 Å². The highest BCUT2D eigenvalue weighted by Crippen LogP contribution is 2.29. The molecule has 1 aliphatic heterocycles. The lowest BCUT2D eigenvalue weighted by atomic mass is 10.1. The summed E-state index contributed by atoms with van der Waals surface area (Å²) < 4.78 is 38.5. The Morgan fingerprint density at radius 3 is 2.47 bits per heavy atom. The fourth-order valence-corrected chi connectivity index (χ4v) is 3.28. The van der Waals surface area contributed by atoms with E-state index in [1.165, 1.54) is 6.07 Å². The topological polar surface area (TPSA) is 61.4 Å². The van der Waals surface area contributed by atoms with Crippen molar-refractivity contribution in [3.8, 4) is 0 Å². The van der Waals surface area contributed by atoms with Crippen molar-refractivity contribution in [2.24, 2.45) is 0 Å². The van der Waals surface area contributed by atoms with Crippen LogP contribution in [0.2, 0.25) is 0 Å². The van der Waals surface area contributed by atoms with Crippen molar-refractivity contribution in [1.82, 2.24) is 20.2 Å². The normalized spacial score (nSPS) is 14.9. The first-order chi connectivity index (χ1) is 14.1. The molecule has 1 saturated heterocycles. The Kier molecular flexibility index (Phi) is 6.48. The van der Waals surface area contributed by atoms with E-state index in [-0.39, 0.29) is 18.5 Å². The monoisotopic (exact) mass is 421 g/mol. The first-order valence-electron chi connectivity index (χ1n) is 9.93. The third-order valence-corrected chi connectivity index (χ3v) is 4.96. The summed E-state index contributed by atoms with van der Waals surface area (Å²) in [6.45, 7) is 8.36. The molecule has 2 amide bonds. The predicted molar refractivity (Wildman–Crippen MR) is 108 cm³/mol. The standard InChI is InChI=1S/C21H26F3N5O/c1-14(2)19-26-15(3)11-18(27-19)28-7-9-29(10-8-28)20(30)25-13-16-5-4-6-17(12-16)21(22,23)24/h4-6,11-12,14H,7-10,13H2,1-3H3,(H,25,30). The van der Waals surface area contributed by atoms with Crippen molar-refractivity contribution in [2.75, 3.05) is 31.1 Å². The number of carbonyl (C=O) groups excluding carboxylic acids is 1. The molecule has 0 unspecified atom stereocenters. The maximum Gasteiger partial charge on any atom is 0.416 e. The number of nitrogens with zero attached hydrogens (tertiary/aromatic N) is 4. The van der Waals surface area contributed by atoms with Crippen molar-refractivity contribution in [1.29, 1.82) is 0 Å². The van der Waals surface area contributed by atoms with Gasteiger partial charge in [0.05, 0.1) is 5.56 Å². The fourth-order valence-electron chi connectivity index (χ4n) is 3.28. The minimum atomic E-state index is -4.40. The van der Waals surface area contributed by atoms with Crippen molar-refractivity contribution >= 4 is 11.8 Å². The molecule has 0 spiro atoms. The lowest BCUT2D eigenvalue weighted by Gasteiger charge is -2.35. The van der Waals surface area contributed by atoms with Crippen LogP contribution in [0.3, 0.4) is 0 Å². The van der Waals surface area contributed by atoms with E-state index >= 15 is 0 Å². The highest BCUT2D eigenvalue weighted by Gasteiger charge is 2.30. The third kappa shape index (κ3) is 5.40. The van der Waals surface area contributed by atoms with E-state index in [2.05, 4.69) is 20.2 Å². The summed E-state index contributed by atoms with van der Waals surface area (Å²) in [6.07, 6.45) is -4.40. The molecule has 1 N–H and O–H groups in total. The molecule has 2 aromatic rings. The number of urea groups is 1. The lowest BCUT2D eigenvalue weighted by molar-refractivity contribution is -0.137. The number of rotatable bonds is 4. The van der Waals surface area contributed by atoms with E-state index in [0.29, 0.717) is 31.7 Å². The molecule has 1 aromatic carbocycles. The summed E-state index contributed by atoms with van der Waals surface area (Å²) in [7, 11) is 0. The van der Waals surface area contributed by atoms with Crippen LogP contribution in [0.5, 0.6) is 0 Å². The van der Waals surface area contributed by atoms with E-state index in [1.807, 2.05) is 26.8 Å². The average molecular weight is 421 g/mol. The van der Waals surface area contributed by atoms with Crippen LogP contribution in [0.4, 0.5) is 23.8 Å². The molecule has 0 saturated carbocycles. The zero-order valence-corrected chi connectivity index (χ0v) is 17.3. The molecule has 0 aliphatic carbocycles. The summed E-state index contributed by atoms with van der Waals surface area (Å²) in [6, 6.07) is 6.64. The van der Waals surface area contributed by atoms with Gasteiger partial charge in [-0.05, 0) is 24.6 Å². The molecule has 9 heteroatoms. The molecule has 30 heavy (non-hydrogen) atoms. The number of benzene rings is 1. The Hall–Kier alpha value is -2.84. The number of hydrogen-bond acceptors (Lipinski definition) is 4. The summed E-state index contributed by atoms with van der Waals surface area (Å²) in [5.74, 6) is 1.88. The van der Waals surface area contributed by atoms with Gasteiger partial charge in [-0.15, -0.1) is 0 Å². The predicted octanol–water partition coefficient (Wildman–Crippen LogP) is 3.96. The average Bonchev–Trinajstić information content (AvgIpc) is 2.71. The Bertz CT molecular complexity index is 892. The molecular formula is C21H26F3N5O. The van der Waals surface area contributed by atoms with Gasteiger partial charge in [-0.25, -0.2) is 14.8 Å². The van der Waals surface area contributed by atoms with Gasteiger partial charge in [0.15, 0.2) is 0 Å². The van der Waals surface area contributed by atoms with E-state index in [9.17, 15) is 18.0 Å². The van der Waals surface area contributed by atoms with Crippen molar-refractivity contribution in [3.63, 3.8) is 0 Å². The molecule has 0 bridgehead atoms. The van der Waals surface area contributed by atoms with Gasteiger partial charge < -0.3 is 15.1 Å². The number of alkyl halides is 3. The van der Waals surface area contributed by atoms with Gasteiger partial charge in [0, 0.05) is 50.4 Å². The molecule has 6 nitrogen and oxygen atoms in total. The van der Waals surface area contributed by atoms with E-state index in [1.54, 1.807) is 11.0 Å². The Labute approximate surface area is 174 Å². The third-order valence-electron chi connectivity index (χ3n) is 4.96. The highest BCUT2D eigenvalue weighted by atomic mass is 19.4. The Morgan fingerprint density at radius 2 is 1.83 bits per heavy atom. The van der Waals surface area contributed by atoms with Crippen LogP contribution in [0.15, 0.2) is 30.3 Å². The SMILES string of the molecule is Cc1cc(N2CCN(C(=O)NCc3cccc(C(F)(F)F)c3)CC2)nc(C(C)C)n1. The van der Waals surface area contributed by atoms with Gasteiger partial charge in [-0.1, -0.05) is 26.0 Å². The van der Waals surface area contributed by atoms with Crippen molar-refractivity contribution in [3.05, 3.63) is 53.0 Å². The number of carbonyl (C=O) groups is 1. The maximum absolute atomic E-state index is 12.8. The first-order valence-corrected chi connectivity index (χ1v) is 9.93. The molecule has 1 aromatic heterocycles. The van der Waals surface area contributed by atoms with Gasteiger partial charge >= 0.3 is 12.2 Å². The summed E-state index contributed by atoms with van der Waals surface area (Å²) in [5, 5.41) is 2.71. The molecule has 1 fully saturated rings. The quantitative estimate of drug-likeness (QED) is 0.812. The van der Waals surface area contributed by atoms with Crippen molar-refractivity contribution in [2.45, 2.75) is 39.4 Å². The van der Waals surface area contributed by atoms with Gasteiger partial charge in [-0.3, -0.25) is 0 Å². The largest absolute Gasteiger partial charge is 0.416 e. The van der Waals surface area contributed by atoms with Gasteiger partial charge in [0.25, 0.3) is 0 Å². The molecule has 3 rings (SSSR count). The van der Waals surface area contributed by atoms with Crippen LogP contribution >= 0.6 is 0 Å². The number of amides is 2. The van der Waals surface area contributed by atoms with E-state index in [0.717, 1.165) is 29.5 Å². The number of aromatic nitrogens is 2. The summed E-state index contributed by atoms with van der Waals surface area (Å²) >= 11 is 0. The first kappa shape index (κ1) is 21.9. The minimum Gasteiger partial charge on any atom is -0.353 e. The molecule has 2 heterocycles. The summed E-state index contributed by atoms with van der Waals surface area (Å²) in [5.41, 5.74) is 0.600. The van der Waals surface area contributed by atoms with Crippen LogP contribution in [-0.2, 0) is 12.7 Å². The molecule has 162 valence electrons. The number of anilines is 1. The van der Waals surface area contributed by atoms with Crippen LogP contribution in [-0.4, -0.2) is 47.1 Å². The van der Waals surface area contributed by atoms with E-state index < -0.39 is 11.7 Å². The number of nitrogens with one attached hydrogen (secondary N) is 1. The summed E-state index contributed by atoms with van der Waals surface area (Å²) in [4.78, 5) is 25.3. The zero-order chi connectivity index (χ0) is 21.9. The molecule has 1 aliphatic rings.